The number of benzene rings is 2. The van der Waals surface area contributed by atoms with Gasteiger partial charge in [-0.25, -0.2) is 4.39 Å². The van der Waals surface area contributed by atoms with Crippen LogP contribution >= 0.6 is 11.8 Å². The lowest BCUT2D eigenvalue weighted by Crippen LogP contribution is -2.16. The van der Waals surface area contributed by atoms with Crippen molar-refractivity contribution in [2.75, 3.05) is 7.11 Å². The van der Waals surface area contributed by atoms with Crippen LogP contribution in [0.2, 0.25) is 0 Å². The van der Waals surface area contributed by atoms with Gasteiger partial charge in [0.25, 0.3) is 0 Å². The molecule has 21 heavy (non-hydrogen) atoms. The molecule has 0 bridgehead atoms. The van der Waals surface area contributed by atoms with Gasteiger partial charge in [0, 0.05) is 17.5 Å². The molecule has 0 amide bonds. The lowest BCUT2D eigenvalue weighted by atomic mass is 10.2. The third-order valence-corrected chi connectivity index (χ3v) is 4.66. The summed E-state index contributed by atoms with van der Waals surface area (Å²) in [4.78, 5) is 1.71. The van der Waals surface area contributed by atoms with E-state index in [1.807, 2.05) is 30.3 Å². The SMILES string of the molecule is COc1ccc(Sc2c(F)cccc2CNC2CC2)cc1. The zero-order valence-electron chi connectivity index (χ0n) is 11.9. The predicted octanol–water partition coefficient (Wildman–Crippen LogP) is 4.24. The number of hydrogen-bond donors (Lipinski definition) is 1. The Bertz CT molecular complexity index is 611. The number of nitrogens with one attached hydrogen (secondary N) is 1. The van der Waals surface area contributed by atoms with Crippen LogP contribution in [0.3, 0.4) is 0 Å². The first-order valence-electron chi connectivity index (χ1n) is 7.09. The van der Waals surface area contributed by atoms with Gasteiger partial charge in [-0.3, -0.25) is 0 Å². The van der Waals surface area contributed by atoms with Crippen LogP contribution in [0.15, 0.2) is 52.3 Å². The molecular formula is C17H18FNOS. The number of rotatable bonds is 6. The first-order chi connectivity index (χ1) is 10.3. The highest BCUT2D eigenvalue weighted by atomic mass is 32.2. The van der Waals surface area contributed by atoms with Crippen molar-refractivity contribution in [1.29, 1.82) is 0 Å². The van der Waals surface area contributed by atoms with Crippen LogP contribution in [-0.4, -0.2) is 13.2 Å². The standard InChI is InChI=1S/C17H18FNOS/c1-20-14-7-9-15(10-8-14)21-17-12(3-2-4-16(17)18)11-19-13-5-6-13/h2-4,7-10,13,19H,5-6,11H2,1H3. The van der Waals surface area contributed by atoms with E-state index in [2.05, 4.69) is 5.32 Å². The van der Waals surface area contributed by atoms with Crippen LogP contribution in [0.5, 0.6) is 5.75 Å². The van der Waals surface area contributed by atoms with Crippen LogP contribution in [0, 0.1) is 5.82 Å². The molecule has 1 aliphatic carbocycles. The molecule has 0 atom stereocenters. The molecule has 2 nitrogen and oxygen atoms in total. The largest absolute Gasteiger partial charge is 0.497 e. The van der Waals surface area contributed by atoms with Crippen LogP contribution in [-0.2, 0) is 6.54 Å². The minimum absolute atomic E-state index is 0.161. The monoisotopic (exact) mass is 303 g/mol. The molecule has 110 valence electrons. The predicted molar refractivity (Wildman–Crippen MR) is 83.4 cm³/mol. The Balaban J connectivity index is 1.78. The molecule has 0 unspecified atom stereocenters. The molecule has 4 heteroatoms. The summed E-state index contributed by atoms with van der Waals surface area (Å²) in [6.45, 7) is 0.723. The maximum atomic E-state index is 14.1. The van der Waals surface area contributed by atoms with E-state index < -0.39 is 0 Å². The quantitative estimate of drug-likeness (QED) is 0.862. The summed E-state index contributed by atoms with van der Waals surface area (Å²) in [6.07, 6.45) is 2.46. The first-order valence-corrected chi connectivity index (χ1v) is 7.90. The fraction of sp³-hybridized carbons (Fsp3) is 0.294. The van der Waals surface area contributed by atoms with Crippen molar-refractivity contribution in [3.63, 3.8) is 0 Å². The van der Waals surface area contributed by atoms with Gasteiger partial charge in [-0.2, -0.15) is 0 Å². The molecule has 1 N–H and O–H groups in total. The van der Waals surface area contributed by atoms with E-state index in [9.17, 15) is 4.39 Å². The number of halogens is 1. The van der Waals surface area contributed by atoms with E-state index in [-0.39, 0.29) is 5.82 Å². The van der Waals surface area contributed by atoms with Crippen molar-refractivity contribution in [3.05, 3.63) is 53.8 Å². The molecular weight excluding hydrogens is 285 g/mol. The van der Waals surface area contributed by atoms with Crippen LogP contribution in [0.25, 0.3) is 0 Å². The third-order valence-electron chi connectivity index (χ3n) is 3.49. The zero-order chi connectivity index (χ0) is 14.7. The average molecular weight is 303 g/mol. The van der Waals surface area contributed by atoms with Gasteiger partial charge >= 0.3 is 0 Å². The van der Waals surface area contributed by atoms with Crippen LogP contribution in [0.1, 0.15) is 18.4 Å². The highest BCUT2D eigenvalue weighted by Gasteiger charge is 2.21. The normalized spacial score (nSPS) is 14.2. The van der Waals surface area contributed by atoms with Gasteiger partial charge < -0.3 is 10.1 Å². The summed E-state index contributed by atoms with van der Waals surface area (Å²) in [5, 5.41) is 3.44. The van der Waals surface area contributed by atoms with E-state index in [0.717, 1.165) is 22.8 Å². The highest BCUT2D eigenvalue weighted by molar-refractivity contribution is 7.99. The van der Waals surface area contributed by atoms with E-state index >= 15 is 0 Å². The molecule has 1 fully saturated rings. The maximum absolute atomic E-state index is 14.1. The molecule has 2 aromatic carbocycles. The Morgan fingerprint density at radius 2 is 1.95 bits per heavy atom. The fourth-order valence-corrected chi connectivity index (χ4v) is 3.06. The van der Waals surface area contributed by atoms with E-state index in [1.165, 1.54) is 30.7 Å². The molecule has 1 saturated carbocycles. The first kappa shape index (κ1) is 14.4. The topological polar surface area (TPSA) is 21.3 Å². The van der Waals surface area contributed by atoms with Crippen molar-refractivity contribution in [2.45, 2.75) is 35.2 Å². The van der Waals surface area contributed by atoms with Gasteiger partial charge in [-0.1, -0.05) is 23.9 Å². The van der Waals surface area contributed by atoms with Crippen LogP contribution < -0.4 is 10.1 Å². The molecule has 0 spiro atoms. The summed E-state index contributed by atoms with van der Waals surface area (Å²) >= 11 is 1.46. The number of ether oxygens (including phenoxy) is 1. The van der Waals surface area contributed by atoms with Crippen molar-refractivity contribution in [2.24, 2.45) is 0 Å². The Labute approximate surface area is 128 Å². The zero-order valence-corrected chi connectivity index (χ0v) is 12.8. The molecule has 0 heterocycles. The van der Waals surface area contributed by atoms with Crippen molar-refractivity contribution in [3.8, 4) is 5.75 Å². The fourth-order valence-electron chi connectivity index (χ4n) is 2.11. The minimum Gasteiger partial charge on any atom is -0.497 e. The Kier molecular flexibility index (Phi) is 4.46. The van der Waals surface area contributed by atoms with Gasteiger partial charge in [-0.05, 0) is 48.7 Å². The van der Waals surface area contributed by atoms with Crippen molar-refractivity contribution in [1.82, 2.24) is 5.32 Å². The second-order valence-corrected chi connectivity index (χ2v) is 6.24. The summed E-state index contributed by atoms with van der Waals surface area (Å²) in [6, 6.07) is 13.6. The lowest BCUT2D eigenvalue weighted by molar-refractivity contribution is 0.414. The van der Waals surface area contributed by atoms with E-state index in [1.54, 1.807) is 13.2 Å². The summed E-state index contributed by atoms with van der Waals surface area (Å²) < 4.78 is 19.3. The van der Waals surface area contributed by atoms with Crippen LogP contribution in [0.4, 0.5) is 4.39 Å². The lowest BCUT2D eigenvalue weighted by Gasteiger charge is -2.11. The van der Waals surface area contributed by atoms with Gasteiger partial charge in [-0.15, -0.1) is 0 Å². The van der Waals surface area contributed by atoms with Gasteiger partial charge in [0.15, 0.2) is 0 Å². The average Bonchev–Trinajstić information content (AvgIpc) is 3.33. The Morgan fingerprint density at radius 3 is 2.62 bits per heavy atom. The molecule has 0 radical (unpaired) electrons. The summed E-state index contributed by atoms with van der Waals surface area (Å²) in [7, 11) is 1.64. The molecule has 2 aromatic rings. The highest BCUT2D eigenvalue weighted by Crippen LogP contribution is 2.34. The van der Waals surface area contributed by atoms with E-state index in [4.69, 9.17) is 4.74 Å². The number of methoxy groups -OCH3 is 1. The maximum Gasteiger partial charge on any atom is 0.137 e. The van der Waals surface area contributed by atoms with Gasteiger partial charge in [0.2, 0.25) is 0 Å². The molecule has 1 aliphatic rings. The van der Waals surface area contributed by atoms with E-state index in [0.29, 0.717) is 10.9 Å². The molecule has 3 rings (SSSR count). The minimum atomic E-state index is -0.161. The van der Waals surface area contributed by atoms with Gasteiger partial charge in [0.05, 0.1) is 12.0 Å². The number of hydrogen-bond acceptors (Lipinski definition) is 3. The smallest absolute Gasteiger partial charge is 0.137 e. The summed E-state index contributed by atoms with van der Waals surface area (Å²) in [5.74, 6) is 0.648. The second-order valence-electron chi connectivity index (χ2n) is 5.16. The van der Waals surface area contributed by atoms with Crippen molar-refractivity contribution < 1.29 is 9.13 Å². The second kappa shape index (κ2) is 6.50. The molecule has 0 aromatic heterocycles. The van der Waals surface area contributed by atoms with Crippen molar-refractivity contribution >= 4 is 11.8 Å². The molecule has 0 saturated heterocycles. The molecule has 0 aliphatic heterocycles. The Hall–Kier alpha value is -1.52. The van der Waals surface area contributed by atoms with Gasteiger partial charge in [0.1, 0.15) is 11.6 Å². The Morgan fingerprint density at radius 1 is 1.19 bits per heavy atom. The third kappa shape index (κ3) is 3.77. The summed E-state index contributed by atoms with van der Waals surface area (Å²) in [5.41, 5.74) is 1.02.